The first-order chi connectivity index (χ1) is 7.50. The van der Waals surface area contributed by atoms with E-state index in [2.05, 4.69) is 0 Å². The molecule has 4 nitrogen and oxygen atoms in total. The third kappa shape index (κ3) is 1.46. The van der Waals surface area contributed by atoms with Crippen molar-refractivity contribution in [2.24, 2.45) is 7.05 Å². The van der Waals surface area contributed by atoms with Crippen LogP contribution in [0.1, 0.15) is 10.4 Å². The van der Waals surface area contributed by atoms with E-state index in [9.17, 15) is 14.0 Å². The van der Waals surface area contributed by atoms with Gasteiger partial charge in [0.2, 0.25) is 0 Å². The third-order valence-electron chi connectivity index (χ3n) is 2.39. The number of fused-ring (bicyclic) bond motifs is 1. The van der Waals surface area contributed by atoms with Crippen molar-refractivity contribution in [2.45, 2.75) is 0 Å². The SMILES string of the molecule is Cn1cc(C(=O)C(=O)O)c2ccc(F)cc21. The molecule has 0 bridgehead atoms. The first kappa shape index (κ1) is 10.4. The molecule has 0 atom stereocenters. The molecule has 1 heterocycles. The van der Waals surface area contributed by atoms with Gasteiger partial charge in [-0.15, -0.1) is 0 Å². The second-order valence-corrected chi connectivity index (χ2v) is 3.45. The van der Waals surface area contributed by atoms with E-state index in [-0.39, 0.29) is 5.56 Å². The van der Waals surface area contributed by atoms with Crippen LogP contribution in [0.4, 0.5) is 4.39 Å². The van der Waals surface area contributed by atoms with E-state index >= 15 is 0 Å². The molecule has 1 aromatic heterocycles. The molecule has 16 heavy (non-hydrogen) atoms. The molecule has 1 N–H and O–H groups in total. The zero-order valence-corrected chi connectivity index (χ0v) is 8.40. The number of aliphatic carboxylic acids is 1. The Kier molecular flexibility index (Phi) is 2.23. The molecule has 0 aliphatic carbocycles. The normalized spacial score (nSPS) is 10.6. The zero-order chi connectivity index (χ0) is 11.9. The molecule has 0 aliphatic heterocycles. The van der Waals surface area contributed by atoms with E-state index < -0.39 is 17.6 Å². The summed E-state index contributed by atoms with van der Waals surface area (Å²) >= 11 is 0. The number of carboxylic acid groups (broad SMARTS) is 1. The minimum Gasteiger partial charge on any atom is -0.475 e. The van der Waals surface area contributed by atoms with Crippen molar-refractivity contribution in [3.63, 3.8) is 0 Å². The molecule has 1 aromatic carbocycles. The van der Waals surface area contributed by atoms with Crippen molar-refractivity contribution in [3.8, 4) is 0 Å². The van der Waals surface area contributed by atoms with Gasteiger partial charge >= 0.3 is 5.97 Å². The molecule has 0 saturated carbocycles. The van der Waals surface area contributed by atoms with Gasteiger partial charge in [0.15, 0.2) is 0 Å². The van der Waals surface area contributed by atoms with Crippen LogP contribution in [0.25, 0.3) is 10.9 Å². The van der Waals surface area contributed by atoms with Gasteiger partial charge in [0, 0.05) is 18.6 Å². The van der Waals surface area contributed by atoms with Crippen LogP contribution in [-0.4, -0.2) is 21.4 Å². The number of hydrogen-bond donors (Lipinski definition) is 1. The number of halogens is 1. The van der Waals surface area contributed by atoms with Crippen molar-refractivity contribution >= 4 is 22.7 Å². The average Bonchev–Trinajstić information content (AvgIpc) is 2.55. The van der Waals surface area contributed by atoms with E-state index in [1.54, 1.807) is 7.05 Å². The molecule has 2 rings (SSSR count). The van der Waals surface area contributed by atoms with Crippen LogP contribution in [0, 0.1) is 5.82 Å². The molecule has 5 heteroatoms. The topological polar surface area (TPSA) is 59.3 Å². The zero-order valence-electron chi connectivity index (χ0n) is 8.40. The number of ketones is 1. The Labute approximate surface area is 89.9 Å². The highest BCUT2D eigenvalue weighted by molar-refractivity contribution is 6.42. The third-order valence-corrected chi connectivity index (χ3v) is 2.39. The molecule has 2 aromatic rings. The van der Waals surface area contributed by atoms with Gasteiger partial charge < -0.3 is 9.67 Å². The molecule has 0 amide bonds. The highest BCUT2D eigenvalue weighted by Gasteiger charge is 2.19. The summed E-state index contributed by atoms with van der Waals surface area (Å²) in [6.07, 6.45) is 1.39. The Morgan fingerprint density at radius 2 is 2.06 bits per heavy atom. The number of hydrogen-bond acceptors (Lipinski definition) is 2. The van der Waals surface area contributed by atoms with Gasteiger partial charge in [0.25, 0.3) is 5.78 Å². The Hall–Kier alpha value is -2.17. The van der Waals surface area contributed by atoms with Crippen LogP contribution >= 0.6 is 0 Å². The van der Waals surface area contributed by atoms with Crippen molar-refractivity contribution in [3.05, 3.63) is 35.8 Å². The van der Waals surface area contributed by atoms with Crippen molar-refractivity contribution in [2.75, 3.05) is 0 Å². The lowest BCUT2D eigenvalue weighted by Gasteiger charge is -1.95. The fourth-order valence-corrected chi connectivity index (χ4v) is 1.65. The predicted octanol–water partition coefficient (Wildman–Crippen LogP) is 1.58. The highest BCUT2D eigenvalue weighted by atomic mass is 19.1. The molecule has 0 saturated heterocycles. The minimum atomic E-state index is -1.52. The van der Waals surface area contributed by atoms with Crippen LogP contribution in [0.5, 0.6) is 0 Å². The lowest BCUT2D eigenvalue weighted by atomic mass is 10.1. The minimum absolute atomic E-state index is 0.0741. The van der Waals surface area contributed by atoms with Gasteiger partial charge in [0.1, 0.15) is 5.82 Å². The first-order valence-corrected chi connectivity index (χ1v) is 4.53. The molecule has 0 spiro atoms. The Morgan fingerprint density at radius 1 is 1.38 bits per heavy atom. The summed E-state index contributed by atoms with van der Waals surface area (Å²) in [4.78, 5) is 21.9. The molecule has 0 radical (unpaired) electrons. The lowest BCUT2D eigenvalue weighted by molar-refractivity contribution is -0.131. The van der Waals surface area contributed by atoms with E-state index in [0.717, 1.165) is 0 Å². The van der Waals surface area contributed by atoms with Crippen LogP contribution in [0.3, 0.4) is 0 Å². The molecule has 82 valence electrons. The molecule has 0 aliphatic rings. The second kappa shape index (κ2) is 3.44. The number of nitrogens with zero attached hydrogens (tertiary/aromatic N) is 1. The number of aromatic nitrogens is 1. The number of carboxylic acids is 1. The molecular formula is C11H8FNO3. The van der Waals surface area contributed by atoms with Crippen molar-refractivity contribution in [1.82, 2.24) is 4.57 Å². The summed E-state index contributed by atoms with van der Waals surface area (Å²) in [7, 11) is 1.63. The van der Waals surface area contributed by atoms with Crippen LogP contribution in [0.15, 0.2) is 24.4 Å². The van der Waals surface area contributed by atoms with Crippen molar-refractivity contribution in [1.29, 1.82) is 0 Å². The number of rotatable bonds is 2. The maximum absolute atomic E-state index is 13.0. The Morgan fingerprint density at radius 3 is 2.69 bits per heavy atom. The monoisotopic (exact) mass is 221 g/mol. The fraction of sp³-hybridized carbons (Fsp3) is 0.0909. The first-order valence-electron chi connectivity index (χ1n) is 4.53. The lowest BCUT2D eigenvalue weighted by Crippen LogP contribution is -2.12. The van der Waals surface area contributed by atoms with E-state index in [1.807, 2.05) is 0 Å². The summed E-state index contributed by atoms with van der Waals surface area (Å²) in [6.45, 7) is 0. The number of carbonyl (C=O) groups is 2. The quantitative estimate of drug-likeness (QED) is 0.618. The Balaban J connectivity index is 2.73. The standard InChI is InChI=1S/C11H8FNO3/c1-13-5-8(10(14)11(15)16)7-3-2-6(12)4-9(7)13/h2-5H,1H3,(H,15,16). The van der Waals surface area contributed by atoms with Gasteiger partial charge in [-0.2, -0.15) is 0 Å². The summed E-state index contributed by atoms with van der Waals surface area (Å²) in [6, 6.07) is 3.86. The summed E-state index contributed by atoms with van der Waals surface area (Å²) in [5.41, 5.74) is 0.564. The number of aryl methyl sites for hydroxylation is 1. The van der Waals surface area contributed by atoms with Gasteiger partial charge in [-0.1, -0.05) is 0 Å². The summed E-state index contributed by atoms with van der Waals surface area (Å²) < 4.78 is 14.5. The maximum atomic E-state index is 13.0. The maximum Gasteiger partial charge on any atom is 0.377 e. The summed E-state index contributed by atoms with van der Waals surface area (Å²) in [5, 5.41) is 9.07. The van der Waals surface area contributed by atoms with Gasteiger partial charge in [0.05, 0.1) is 11.1 Å². The van der Waals surface area contributed by atoms with E-state index in [4.69, 9.17) is 5.11 Å². The van der Waals surface area contributed by atoms with Gasteiger partial charge in [-0.05, 0) is 18.2 Å². The number of benzene rings is 1. The molecular weight excluding hydrogens is 213 g/mol. The Bertz CT molecular complexity index is 601. The predicted molar refractivity (Wildman–Crippen MR) is 54.8 cm³/mol. The molecule has 0 unspecified atom stereocenters. The number of Topliss-reactive ketones (excluding diaryl/α,β-unsaturated/α-hetero) is 1. The average molecular weight is 221 g/mol. The van der Waals surface area contributed by atoms with E-state index in [1.165, 1.54) is 29.0 Å². The van der Waals surface area contributed by atoms with Crippen LogP contribution in [0.2, 0.25) is 0 Å². The number of carbonyl (C=O) groups excluding carboxylic acids is 1. The summed E-state index contributed by atoms with van der Waals surface area (Å²) in [5.74, 6) is -2.93. The smallest absolute Gasteiger partial charge is 0.377 e. The molecule has 0 fully saturated rings. The van der Waals surface area contributed by atoms with Crippen LogP contribution < -0.4 is 0 Å². The second-order valence-electron chi connectivity index (χ2n) is 3.45. The highest BCUT2D eigenvalue weighted by Crippen LogP contribution is 2.22. The van der Waals surface area contributed by atoms with Crippen molar-refractivity contribution < 1.29 is 19.1 Å². The fourth-order valence-electron chi connectivity index (χ4n) is 1.65. The van der Waals surface area contributed by atoms with Gasteiger partial charge in [-0.3, -0.25) is 4.79 Å². The largest absolute Gasteiger partial charge is 0.475 e. The van der Waals surface area contributed by atoms with E-state index in [0.29, 0.717) is 10.9 Å². The van der Waals surface area contributed by atoms with Gasteiger partial charge in [-0.25, -0.2) is 9.18 Å². The van der Waals surface area contributed by atoms with Crippen LogP contribution in [-0.2, 0) is 11.8 Å².